The Morgan fingerprint density at radius 3 is 2.76 bits per heavy atom. The molecule has 1 amide bonds. The molecule has 110 valence electrons. The van der Waals surface area contributed by atoms with Gasteiger partial charge in [-0.05, 0) is 52.3 Å². The smallest absolute Gasteiger partial charge is 0.250 e. The number of methoxy groups -OCH3 is 1. The summed E-state index contributed by atoms with van der Waals surface area (Å²) in [5.74, 6) is 1.45. The fourth-order valence-electron chi connectivity index (χ4n) is 1.42. The Morgan fingerprint density at radius 1 is 1.38 bits per heavy atom. The van der Waals surface area contributed by atoms with Crippen molar-refractivity contribution in [2.24, 2.45) is 5.10 Å². The van der Waals surface area contributed by atoms with Crippen molar-refractivity contribution in [1.29, 1.82) is 0 Å². The van der Waals surface area contributed by atoms with Crippen molar-refractivity contribution in [2.45, 2.75) is 4.90 Å². The van der Waals surface area contributed by atoms with Crippen LogP contribution in [0.25, 0.3) is 0 Å². The van der Waals surface area contributed by atoms with Crippen LogP contribution in [0.4, 0.5) is 0 Å². The topological polar surface area (TPSA) is 63.8 Å². The van der Waals surface area contributed by atoms with Crippen LogP contribution in [0.5, 0.6) is 5.75 Å². The standard InChI is InChI=1S/C14H13BrN2O3S/c1-19-10-2-5-12(6-3-10)21-9-14(18)17-16-8-11-4-7-13(15)20-11/h2-8H,9H2,1H3,(H,17,18)/b16-8+. The second-order valence-electron chi connectivity index (χ2n) is 3.90. The molecule has 1 N–H and O–H groups in total. The Morgan fingerprint density at radius 2 is 2.14 bits per heavy atom. The van der Waals surface area contributed by atoms with Crippen LogP contribution < -0.4 is 10.2 Å². The lowest BCUT2D eigenvalue weighted by Gasteiger charge is -2.02. The molecule has 1 heterocycles. The molecular weight excluding hydrogens is 356 g/mol. The molecule has 0 bridgehead atoms. The van der Waals surface area contributed by atoms with Crippen LogP contribution in [0.1, 0.15) is 5.76 Å². The van der Waals surface area contributed by atoms with Crippen molar-refractivity contribution >= 4 is 39.8 Å². The van der Waals surface area contributed by atoms with Crippen LogP contribution in [0, 0.1) is 0 Å². The molecule has 0 fully saturated rings. The number of ether oxygens (including phenoxy) is 1. The van der Waals surface area contributed by atoms with Gasteiger partial charge < -0.3 is 9.15 Å². The number of benzene rings is 1. The zero-order valence-corrected chi connectivity index (χ0v) is 13.6. The number of hydrogen-bond donors (Lipinski definition) is 1. The van der Waals surface area contributed by atoms with Gasteiger partial charge in [0, 0.05) is 4.90 Å². The maximum atomic E-state index is 11.6. The van der Waals surface area contributed by atoms with Crippen LogP contribution in [0.3, 0.4) is 0 Å². The third-order valence-corrected chi connectivity index (χ3v) is 3.84. The number of halogens is 1. The first-order valence-electron chi connectivity index (χ1n) is 6.01. The van der Waals surface area contributed by atoms with Crippen LogP contribution >= 0.6 is 27.7 Å². The summed E-state index contributed by atoms with van der Waals surface area (Å²) in [6.07, 6.45) is 1.45. The monoisotopic (exact) mass is 368 g/mol. The third-order valence-electron chi connectivity index (χ3n) is 2.40. The summed E-state index contributed by atoms with van der Waals surface area (Å²) in [6.45, 7) is 0. The molecule has 0 aliphatic carbocycles. The number of hydrazone groups is 1. The van der Waals surface area contributed by atoms with Crippen molar-refractivity contribution in [3.8, 4) is 5.75 Å². The minimum atomic E-state index is -0.183. The normalized spacial score (nSPS) is 10.8. The molecule has 0 spiro atoms. The minimum absolute atomic E-state index is 0.183. The summed E-state index contributed by atoms with van der Waals surface area (Å²) in [5.41, 5.74) is 2.44. The second-order valence-corrected chi connectivity index (χ2v) is 5.73. The maximum Gasteiger partial charge on any atom is 0.250 e. The van der Waals surface area contributed by atoms with Crippen molar-refractivity contribution < 1.29 is 13.9 Å². The number of carbonyl (C=O) groups is 1. The van der Waals surface area contributed by atoms with Gasteiger partial charge in [-0.15, -0.1) is 11.8 Å². The number of furan rings is 1. The molecule has 0 saturated carbocycles. The molecule has 2 rings (SSSR count). The van der Waals surface area contributed by atoms with Crippen molar-refractivity contribution in [2.75, 3.05) is 12.9 Å². The summed E-state index contributed by atoms with van der Waals surface area (Å²) in [7, 11) is 1.62. The lowest BCUT2D eigenvalue weighted by Crippen LogP contribution is -2.19. The first kappa shape index (κ1) is 15.7. The Bertz CT molecular complexity index is 625. The van der Waals surface area contributed by atoms with E-state index in [4.69, 9.17) is 9.15 Å². The number of hydrogen-bond acceptors (Lipinski definition) is 5. The quantitative estimate of drug-likeness (QED) is 0.482. The highest BCUT2D eigenvalue weighted by atomic mass is 79.9. The van der Waals surface area contributed by atoms with Crippen LogP contribution in [-0.4, -0.2) is 25.0 Å². The van der Waals surface area contributed by atoms with E-state index in [9.17, 15) is 4.79 Å². The van der Waals surface area contributed by atoms with E-state index in [1.807, 2.05) is 24.3 Å². The first-order valence-corrected chi connectivity index (χ1v) is 7.79. The van der Waals surface area contributed by atoms with E-state index in [1.165, 1.54) is 18.0 Å². The number of rotatable bonds is 6. The molecule has 0 atom stereocenters. The van der Waals surface area contributed by atoms with Gasteiger partial charge in [-0.2, -0.15) is 5.10 Å². The van der Waals surface area contributed by atoms with Gasteiger partial charge in [0.15, 0.2) is 4.67 Å². The van der Waals surface area contributed by atoms with Gasteiger partial charge in [0.1, 0.15) is 11.5 Å². The highest BCUT2D eigenvalue weighted by Gasteiger charge is 2.02. The van der Waals surface area contributed by atoms with E-state index in [0.717, 1.165) is 10.6 Å². The second kappa shape index (κ2) is 7.90. The Balaban J connectivity index is 1.75. The molecule has 0 unspecified atom stereocenters. The van der Waals surface area contributed by atoms with Crippen molar-refractivity contribution in [3.63, 3.8) is 0 Å². The highest BCUT2D eigenvalue weighted by Crippen LogP contribution is 2.20. The highest BCUT2D eigenvalue weighted by molar-refractivity contribution is 9.10. The number of nitrogens with zero attached hydrogens (tertiary/aromatic N) is 1. The van der Waals surface area contributed by atoms with Crippen LogP contribution in [0.15, 0.2) is 55.5 Å². The molecule has 1 aromatic heterocycles. The van der Waals surface area contributed by atoms with E-state index in [-0.39, 0.29) is 11.7 Å². The van der Waals surface area contributed by atoms with Crippen molar-refractivity contribution in [1.82, 2.24) is 5.43 Å². The van der Waals surface area contributed by atoms with Gasteiger partial charge in [0.05, 0.1) is 19.1 Å². The number of amides is 1. The van der Waals surface area contributed by atoms with E-state index in [0.29, 0.717) is 10.4 Å². The zero-order valence-electron chi connectivity index (χ0n) is 11.2. The summed E-state index contributed by atoms with van der Waals surface area (Å²) >= 11 is 4.61. The minimum Gasteiger partial charge on any atom is -0.497 e. The van der Waals surface area contributed by atoms with Crippen molar-refractivity contribution in [3.05, 3.63) is 46.8 Å². The number of nitrogens with one attached hydrogen (secondary N) is 1. The zero-order chi connectivity index (χ0) is 15.1. The van der Waals surface area contributed by atoms with Gasteiger partial charge in [-0.3, -0.25) is 4.79 Å². The molecule has 0 radical (unpaired) electrons. The van der Waals surface area contributed by atoms with Crippen LogP contribution in [-0.2, 0) is 4.79 Å². The Labute approximate surface area is 134 Å². The third kappa shape index (κ3) is 5.28. The molecule has 1 aromatic carbocycles. The molecule has 7 heteroatoms. The summed E-state index contributed by atoms with van der Waals surface area (Å²) in [6, 6.07) is 11.0. The SMILES string of the molecule is COc1ccc(SCC(=O)N/N=C/c2ccc(Br)o2)cc1. The van der Waals surface area contributed by atoms with Gasteiger partial charge in [-0.1, -0.05) is 0 Å². The van der Waals surface area contributed by atoms with E-state index in [2.05, 4.69) is 26.5 Å². The largest absolute Gasteiger partial charge is 0.497 e. The predicted octanol–water partition coefficient (Wildman–Crippen LogP) is 3.29. The molecule has 0 aliphatic rings. The van der Waals surface area contributed by atoms with E-state index in [1.54, 1.807) is 19.2 Å². The fourth-order valence-corrected chi connectivity index (χ4v) is 2.43. The molecule has 21 heavy (non-hydrogen) atoms. The molecule has 2 aromatic rings. The average Bonchev–Trinajstić information content (AvgIpc) is 2.91. The van der Waals surface area contributed by atoms with E-state index < -0.39 is 0 Å². The molecule has 0 saturated heterocycles. The van der Waals surface area contributed by atoms with Gasteiger partial charge in [0.25, 0.3) is 0 Å². The Hall–Kier alpha value is -1.73. The number of carbonyl (C=O) groups excluding carboxylic acids is 1. The van der Waals surface area contributed by atoms with Gasteiger partial charge in [-0.25, -0.2) is 5.43 Å². The molecule has 5 nitrogen and oxygen atoms in total. The summed E-state index contributed by atoms with van der Waals surface area (Å²) in [5, 5.41) is 3.82. The Kier molecular flexibility index (Phi) is 5.89. The lowest BCUT2D eigenvalue weighted by molar-refractivity contribution is -0.118. The summed E-state index contributed by atoms with van der Waals surface area (Å²) in [4.78, 5) is 12.6. The maximum absolute atomic E-state index is 11.6. The van der Waals surface area contributed by atoms with Gasteiger partial charge in [0.2, 0.25) is 5.91 Å². The lowest BCUT2D eigenvalue weighted by atomic mass is 10.3. The van der Waals surface area contributed by atoms with Crippen LogP contribution in [0.2, 0.25) is 0 Å². The molecule has 0 aliphatic heterocycles. The van der Waals surface area contributed by atoms with Gasteiger partial charge >= 0.3 is 0 Å². The van der Waals surface area contributed by atoms with E-state index >= 15 is 0 Å². The summed E-state index contributed by atoms with van der Waals surface area (Å²) < 4.78 is 10.9. The predicted molar refractivity (Wildman–Crippen MR) is 85.9 cm³/mol. The first-order chi connectivity index (χ1) is 10.2. The number of thioether (sulfide) groups is 1. The molecular formula is C14H13BrN2O3S. The fraction of sp³-hybridized carbons (Fsp3) is 0.143. The average molecular weight is 369 g/mol.